The molecule has 0 aliphatic heterocycles. The largest absolute Gasteiger partial charge is 0.379 e. The average molecular weight is 1070 g/mol. The third-order valence-corrected chi connectivity index (χ3v) is 19.2. The standard InChI is InChI=1S/C60H68N4O10P2/c1-11-60(10,36-73-34-42(6)61-54(65)56(67)63-52-40(4)32-38(2)50(44(52)8)58(69)75(71,46-24-16-12-17-25-46)47-26-18-13-19-27-47)37-74-35-43(7)62-55(66)57(68)64-53-41(5)33-39(3)51(45(53)9)59(70)76(72,48-28-20-14-21-29-48)49-30-22-15-23-31-49/h12-33,42-43H,11,34-37H2,1-10H3,(H,61,65)(H,62,66)(H,63,67)(H,64,68). The van der Waals surface area contributed by atoms with Crippen LogP contribution < -0.4 is 42.5 Å². The lowest BCUT2D eigenvalue weighted by molar-refractivity contribution is -0.137. The maximum Gasteiger partial charge on any atom is 0.313 e. The van der Waals surface area contributed by atoms with Gasteiger partial charge in [0.1, 0.15) is 0 Å². The molecule has 0 aliphatic carbocycles. The van der Waals surface area contributed by atoms with Gasteiger partial charge in [-0.25, -0.2) is 0 Å². The van der Waals surface area contributed by atoms with Crippen molar-refractivity contribution in [1.82, 2.24) is 10.6 Å². The Bertz CT molecular complexity index is 2930. The normalized spacial score (nSPS) is 13.1. The number of carbonyl (C=O) groups excluding carboxylic acids is 6. The van der Waals surface area contributed by atoms with Gasteiger partial charge in [0.2, 0.25) is 25.3 Å². The second kappa shape index (κ2) is 25.2. The van der Waals surface area contributed by atoms with E-state index in [0.717, 1.165) is 0 Å². The summed E-state index contributed by atoms with van der Waals surface area (Å²) < 4.78 is 42.0. The molecule has 76 heavy (non-hydrogen) atoms. The highest BCUT2D eigenvalue weighted by atomic mass is 31.2. The lowest BCUT2D eigenvalue weighted by Gasteiger charge is -2.29. The minimum Gasteiger partial charge on any atom is -0.379 e. The zero-order valence-electron chi connectivity index (χ0n) is 44.9. The molecule has 4 amide bonds. The fraction of sp³-hybridized carbons (Fsp3) is 0.300. The minimum absolute atomic E-state index is 0.0701. The van der Waals surface area contributed by atoms with E-state index in [9.17, 15) is 37.9 Å². The molecule has 398 valence electrons. The van der Waals surface area contributed by atoms with Crippen molar-refractivity contribution >= 4 is 81.6 Å². The van der Waals surface area contributed by atoms with Crippen LogP contribution in [0.4, 0.5) is 11.4 Å². The van der Waals surface area contributed by atoms with E-state index >= 15 is 0 Å². The summed E-state index contributed by atoms with van der Waals surface area (Å²) in [6, 6.07) is 36.7. The third kappa shape index (κ3) is 12.9. The maximum absolute atomic E-state index is 15.0. The summed E-state index contributed by atoms with van der Waals surface area (Å²) in [6.07, 6.45) is 0.650. The van der Waals surface area contributed by atoms with Gasteiger partial charge in [-0.05, 0) is 95.2 Å². The number of ether oxygens (including phenoxy) is 2. The number of hydrogen-bond donors (Lipinski definition) is 4. The lowest BCUT2D eigenvalue weighted by atomic mass is 9.90. The lowest BCUT2D eigenvalue weighted by Crippen LogP contribution is -2.44. The van der Waals surface area contributed by atoms with Crippen LogP contribution in [-0.4, -0.2) is 73.2 Å². The van der Waals surface area contributed by atoms with Crippen LogP contribution in [0.2, 0.25) is 0 Å². The smallest absolute Gasteiger partial charge is 0.313 e. The molecule has 2 unspecified atom stereocenters. The Morgan fingerprint density at radius 3 is 1.04 bits per heavy atom. The minimum atomic E-state index is -3.87. The van der Waals surface area contributed by atoms with Crippen molar-refractivity contribution in [2.24, 2.45) is 5.41 Å². The van der Waals surface area contributed by atoms with Crippen LogP contribution in [0.25, 0.3) is 0 Å². The van der Waals surface area contributed by atoms with Crippen molar-refractivity contribution in [1.29, 1.82) is 0 Å². The van der Waals surface area contributed by atoms with Crippen LogP contribution in [0.15, 0.2) is 133 Å². The van der Waals surface area contributed by atoms with E-state index in [0.29, 0.717) is 61.0 Å². The van der Waals surface area contributed by atoms with Gasteiger partial charge in [0, 0.05) is 61.2 Å². The molecule has 0 radical (unpaired) electrons. The SMILES string of the molecule is CCC(C)(COCC(C)NC(=O)C(=O)Nc1c(C)cc(C)c(C(=O)P(=O)(c2ccccc2)c2ccccc2)c1C)COCC(C)NC(=O)C(=O)Nc1c(C)cc(C)c(C(=O)P(=O)(c2ccccc2)c2ccccc2)c1C. The third-order valence-electron chi connectivity index (χ3n) is 13.6. The molecule has 0 bridgehead atoms. The molecular weight excluding hydrogens is 999 g/mol. The Morgan fingerprint density at radius 2 is 0.763 bits per heavy atom. The predicted octanol–water partition coefficient (Wildman–Crippen LogP) is 8.88. The molecule has 0 aliphatic rings. The maximum atomic E-state index is 15.0. The molecule has 0 fully saturated rings. The molecule has 6 rings (SSSR count). The quantitative estimate of drug-likeness (QED) is 0.0398. The van der Waals surface area contributed by atoms with Crippen LogP contribution in [0.1, 0.15) is 88.2 Å². The Morgan fingerprint density at radius 1 is 0.474 bits per heavy atom. The van der Waals surface area contributed by atoms with Crippen molar-refractivity contribution in [2.45, 2.75) is 87.7 Å². The number of nitrogens with one attached hydrogen (secondary N) is 4. The van der Waals surface area contributed by atoms with Crippen LogP contribution in [0, 0.1) is 47.0 Å². The van der Waals surface area contributed by atoms with Crippen LogP contribution >= 0.6 is 14.3 Å². The summed E-state index contributed by atoms with van der Waals surface area (Å²) >= 11 is 0. The molecule has 4 N–H and O–H groups in total. The fourth-order valence-electron chi connectivity index (χ4n) is 9.26. The van der Waals surface area contributed by atoms with Crippen molar-refractivity contribution in [3.05, 3.63) is 178 Å². The first-order valence-corrected chi connectivity index (χ1v) is 28.6. The van der Waals surface area contributed by atoms with Crippen molar-refractivity contribution in [3.8, 4) is 0 Å². The average Bonchev–Trinajstić information content (AvgIpc) is 3.41. The van der Waals surface area contributed by atoms with Crippen molar-refractivity contribution < 1.29 is 47.4 Å². The van der Waals surface area contributed by atoms with Gasteiger partial charge in [-0.2, -0.15) is 0 Å². The Kier molecular flexibility index (Phi) is 19.3. The number of rotatable bonds is 21. The first-order valence-electron chi connectivity index (χ1n) is 25.2. The van der Waals surface area contributed by atoms with Crippen LogP contribution in [0.5, 0.6) is 0 Å². The van der Waals surface area contributed by atoms with Crippen molar-refractivity contribution in [3.63, 3.8) is 0 Å². The van der Waals surface area contributed by atoms with Gasteiger partial charge >= 0.3 is 23.6 Å². The van der Waals surface area contributed by atoms with E-state index in [-0.39, 0.29) is 48.9 Å². The molecule has 16 heteroatoms. The van der Waals surface area contributed by atoms with Gasteiger partial charge in [0.05, 0.1) is 26.4 Å². The van der Waals surface area contributed by atoms with Gasteiger partial charge in [-0.15, -0.1) is 0 Å². The van der Waals surface area contributed by atoms with Crippen LogP contribution in [-0.2, 0) is 37.8 Å². The van der Waals surface area contributed by atoms with Gasteiger partial charge in [0.15, 0.2) is 0 Å². The second-order valence-electron chi connectivity index (χ2n) is 19.8. The molecule has 14 nitrogen and oxygen atoms in total. The highest BCUT2D eigenvalue weighted by Crippen LogP contribution is 2.50. The van der Waals surface area contributed by atoms with E-state index in [2.05, 4.69) is 21.3 Å². The Hall–Kier alpha value is -7.08. The summed E-state index contributed by atoms with van der Waals surface area (Å²) in [7, 11) is -7.74. The summed E-state index contributed by atoms with van der Waals surface area (Å²) in [4.78, 5) is 82.3. The van der Waals surface area contributed by atoms with Gasteiger partial charge in [-0.1, -0.05) is 147 Å². The van der Waals surface area contributed by atoms with Gasteiger partial charge in [0.25, 0.3) is 0 Å². The number of hydrogen-bond acceptors (Lipinski definition) is 10. The van der Waals surface area contributed by atoms with E-state index in [1.165, 1.54) is 0 Å². The predicted molar refractivity (Wildman–Crippen MR) is 302 cm³/mol. The van der Waals surface area contributed by atoms with Crippen LogP contribution in [0.3, 0.4) is 0 Å². The first kappa shape index (κ1) is 58.2. The summed E-state index contributed by atoms with van der Waals surface area (Å²) in [5.74, 6) is -3.71. The molecular formula is C60H68N4O10P2. The van der Waals surface area contributed by atoms with E-state index in [1.54, 1.807) is 189 Å². The zero-order valence-corrected chi connectivity index (χ0v) is 46.7. The molecule has 0 spiro atoms. The Balaban J connectivity index is 1.00. The molecule has 0 aromatic heterocycles. The zero-order chi connectivity index (χ0) is 55.5. The number of aryl methyl sites for hydroxylation is 4. The summed E-state index contributed by atoms with van der Waals surface area (Å²) in [6.45, 7) is 18.3. The Labute approximate surface area is 445 Å². The second-order valence-corrected chi connectivity index (χ2v) is 25.1. The van der Waals surface area contributed by atoms with Gasteiger partial charge < -0.3 is 39.9 Å². The molecule has 0 saturated heterocycles. The molecule has 6 aromatic rings. The molecule has 0 heterocycles. The number of benzene rings is 6. The highest BCUT2D eigenvalue weighted by Gasteiger charge is 2.40. The molecule has 2 atom stereocenters. The molecule has 6 aromatic carbocycles. The van der Waals surface area contributed by atoms with E-state index < -0.39 is 66.5 Å². The topological polar surface area (TPSA) is 203 Å². The molecule has 0 saturated carbocycles. The van der Waals surface area contributed by atoms with Gasteiger partial charge in [-0.3, -0.25) is 28.8 Å². The first-order chi connectivity index (χ1) is 36.1. The monoisotopic (exact) mass is 1070 g/mol. The fourth-order valence-corrected chi connectivity index (χ4v) is 14.5. The highest BCUT2D eigenvalue weighted by molar-refractivity contribution is 7.94. The van der Waals surface area contributed by atoms with E-state index in [1.807, 2.05) is 13.8 Å². The van der Waals surface area contributed by atoms with Crippen molar-refractivity contribution in [2.75, 3.05) is 37.1 Å². The summed E-state index contributed by atoms with van der Waals surface area (Å²) in [5, 5.41) is 12.3. The number of amides is 4. The summed E-state index contributed by atoms with van der Waals surface area (Å²) in [5.41, 5.74) is 2.51. The number of anilines is 2. The number of carbonyl (C=O) groups is 6. The van der Waals surface area contributed by atoms with E-state index in [4.69, 9.17) is 9.47 Å².